The van der Waals surface area contributed by atoms with Gasteiger partial charge < -0.3 is 0 Å². The second kappa shape index (κ2) is 3.02. The zero-order chi connectivity index (χ0) is 10.1. The van der Waals surface area contributed by atoms with Crippen molar-refractivity contribution in [3.63, 3.8) is 0 Å². The maximum Gasteiger partial charge on any atom is 0.238 e. The SMILES string of the molecule is CC(C)(C)C(=O)n1ccnc1C#N. The number of nitrogens with zero attached hydrogens (tertiary/aromatic N) is 3. The molecule has 0 unspecified atom stereocenters. The van der Waals surface area contributed by atoms with Crippen LogP contribution in [0.1, 0.15) is 31.4 Å². The van der Waals surface area contributed by atoms with Crippen molar-refractivity contribution in [1.29, 1.82) is 5.26 Å². The van der Waals surface area contributed by atoms with Crippen molar-refractivity contribution in [2.75, 3.05) is 0 Å². The van der Waals surface area contributed by atoms with Crippen LogP contribution in [0.2, 0.25) is 0 Å². The smallest absolute Gasteiger partial charge is 0.238 e. The molecule has 0 amide bonds. The third kappa shape index (κ3) is 1.75. The molecule has 0 N–H and O–H groups in total. The van der Waals surface area contributed by atoms with Crippen molar-refractivity contribution in [2.24, 2.45) is 5.41 Å². The van der Waals surface area contributed by atoms with Gasteiger partial charge in [0.15, 0.2) is 0 Å². The van der Waals surface area contributed by atoms with E-state index >= 15 is 0 Å². The van der Waals surface area contributed by atoms with Crippen LogP contribution in [-0.2, 0) is 0 Å². The Kier molecular flexibility index (Phi) is 2.20. The summed E-state index contributed by atoms with van der Waals surface area (Å²) in [5, 5.41) is 8.64. The number of carbonyl (C=O) groups is 1. The molecule has 0 aliphatic rings. The minimum absolute atomic E-state index is 0.124. The number of hydrogen-bond donors (Lipinski definition) is 0. The van der Waals surface area contributed by atoms with Crippen LogP contribution in [-0.4, -0.2) is 15.5 Å². The first-order chi connectivity index (χ1) is 5.96. The van der Waals surface area contributed by atoms with Gasteiger partial charge in [-0.05, 0) is 0 Å². The highest BCUT2D eigenvalue weighted by Crippen LogP contribution is 2.17. The first-order valence-electron chi connectivity index (χ1n) is 3.95. The molecule has 0 bridgehead atoms. The molecule has 1 rings (SSSR count). The quantitative estimate of drug-likeness (QED) is 0.602. The summed E-state index contributed by atoms with van der Waals surface area (Å²) in [6.07, 6.45) is 2.95. The van der Waals surface area contributed by atoms with Gasteiger partial charge in [0.05, 0.1) is 0 Å². The normalized spacial score (nSPS) is 10.9. The number of carbonyl (C=O) groups excluding carboxylic acids is 1. The Balaban J connectivity index is 3.11. The van der Waals surface area contributed by atoms with Crippen molar-refractivity contribution in [2.45, 2.75) is 20.8 Å². The summed E-state index contributed by atoms with van der Waals surface area (Å²) >= 11 is 0. The molecular weight excluding hydrogens is 166 g/mol. The summed E-state index contributed by atoms with van der Waals surface area (Å²) in [4.78, 5) is 15.4. The van der Waals surface area contributed by atoms with Gasteiger partial charge in [-0.15, -0.1) is 0 Å². The van der Waals surface area contributed by atoms with Crippen molar-refractivity contribution < 1.29 is 4.79 Å². The molecule has 0 radical (unpaired) electrons. The summed E-state index contributed by atoms with van der Waals surface area (Å²) in [6, 6.07) is 1.86. The van der Waals surface area contributed by atoms with Crippen LogP contribution in [0.15, 0.2) is 12.4 Å². The van der Waals surface area contributed by atoms with Crippen LogP contribution >= 0.6 is 0 Å². The zero-order valence-corrected chi connectivity index (χ0v) is 7.90. The summed E-state index contributed by atoms with van der Waals surface area (Å²) in [5.74, 6) is 0.0153. The van der Waals surface area contributed by atoms with E-state index in [9.17, 15) is 4.79 Å². The van der Waals surface area contributed by atoms with Crippen LogP contribution in [0.5, 0.6) is 0 Å². The van der Waals surface area contributed by atoms with Gasteiger partial charge in [-0.25, -0.2) is 4.98 Å². The van der Waals surface area contributed by atoms with Gasteiger partial charge in [-0.1, -0.05) is 20.8 Å². The third-order valence-electron chi connectivity index (χ3n) is 1.60. The molecule has 0 spiro atoms. The molecule has 13 heavy (non-hydrogen) atoms. The minimum Gasteiger partial charge on any atom is -0.273 e. The van der Waals surface area contributed by atoms with E-state index < -0.39 is 5.41 Å². The predicted octanol–water partition coefficient (Wildman–Crippen LogP) is 1.44. The van der Waals surface area contributed by atoms with Gasteiger partial charge in [0.1, 0.15) is 6.07 Å². The fourth-order valence-corrected chi connectivity index (χ4v) is 0.911. The van der Waals surface area contributed by atoms with Gasteiger partial charge in [0.25, 0.3) is 0 Å². The monoisotopic (exact) mass is 177 g/mol. The maximum atomic E-state index is 11.7. The summed E-state index contributed by atoms with van der Waals surface area (Å²) in [6.45, 7) is 5.41. The topological polar surface area (TPSA) is 58.7 Å². The van der Waals surface area contributed by atoms with E-state index in [0.717, 1.165) is 0 Å². The van der Waals surface area contributed by atoms with E-state index in [1.165, 1.54) is 17.0 Å². The lowest BCUT2D eigenvalue weighted by Crippen LogP contribution is -2.27. The van der Waals surface area contributed by atoms with Gasteiger partial charge in [0.2, 0.25) is 11.7 Å². The second-order valence-electron chi connectivity index (χ2n) is 3.79. The van der Waals surface area contributed by atoms with Crippen molar-refractivity contribution >= 4 is 5.91 Å². The fourth-order valence-electron chi connectivity index (χ4n) is 0.911. The molecule has 0 aromatic carbocycles. The van der Waals surface area contributed by atoms with E-state index in [-0.39, 0.29) is 11.7 Å². The van der Waals surface area contributed by atoms with Gasteiger partial charge in [-0.3, -0.25) is 9.36 Å². The number of aromatic nitrogens is 2. The molecule has 0 aliphatic carbocycles. The number of nitriles is 1. The largest absolute Gasteiger partial charge is 0.273 e. The molecule has 4 nitrogen and oxygen atoms in total. The van der Waals surface area contributed by atoms with Crippen LogP contribution in [0.25, 0.3) is 0 Å². The van der Waals surface area contributed by atoms with Crippen LogP contribution in [0.4, 0.5) is 0 Å². The molecule has 0 aliphatic heterocycles. The molecule has 0 atom stereocenters. The molecule has 1 aromatic rings. The molecule has 68 valence electrons. The zero-order valence-electron chi connectivity index (χ0n) is 7.90. The molecule has 1 heterocycles. The molecule has 1 aromatic heterocycles. The Morgan fingerprint density at radius 3 is 2.69 bits per heavy atom. The van der Waals surface area contributed by atoms with E-state index in [2.05, 4.69) is 4.98 Å². The van der Waals surface area contributed by atoms with Crippen LogP contribution in [0, 0.1) is 16.7 Å². The third-order valence-corrected chi connectivity index (χ3v) is 1.60. The number of rotatable bonds is 0. The molecule has 4 heteroatoms. The van der Waals surface area contributed by atoms with Gasteiger partial charge >= 0.3 is 0 Å². The lowest BCUT2D eigenvalue weighted by atomic mass is 9.95. The van der Waals surface area contributed by atoms with E-state index in [1.54, 1.807) is 20.8 Å². The predicted molar refractivity (Wildman–Crippen MR) is 47.0 cm³/mol. The Hall–Kier alpha value is -1.63. The second-order valence-corrected chi connectivity index (χ2v) is 3.79. The van der Waals surface area contributed by atoms with Crippen molar-refractivity contribution in [3.05, 3.63) is 18.2 Å². The lowest BCUT2D eigenvalue weighted by molar-refractivity contribution is 0.0765. The van der Waals surface area contributed by atoms with Crippen LogP contribution in [0.3, 0.4) is 0 Å². The summed E-state index contributed by atoms with van der Waals surface area (Å²) < 4.78 is 1.28. The molecular formula is C9H11N3O. The Labute approximate surface area is 76.8 Å². The summed E-state index contributed by atoms with van der Waals surface area (Å²) in [7, 11) is 0. The first-order valence-corrected chi connectivity index (χ1v) is 3.95. The highest BCUT2D eigenvalue weighted by atomic mass is 16.2. The Morgan fingerprint density at radius 1 is 1.62 bits per heavy atom. The van der Waals surface area contributed by atoms with Crippen LogP contribution < -0.4 is 0 Å². The number of hydrogen-bond acceptors (Lipinski definition) is 3. The minimum atomic E-state index is -0.494. The van der Waals surface area contributed by atoms with E-state index in [0.29, 0.717) is 0 Å². The fraction of sp³-hybridized carbons (Fsp3) is 0.444. The number of imidazole rings is 1. The average Bonchev–Trinajstić information content (AvgIpc) is 2.48. The van der Waals surface area contributed by atoms with E-state index in [1.807, 2.05) is 6.07 Å². The maximum absolute atomic E-state index is 11.7. The van der Waals surface area contributed by atoms with Gasteiger partial charge in [-0.2, -0.15) is 5.26 Å². The van der Waals surface area contributed by atoms with E-state index in [4.69, 9.17) is 5.26 Å². The Bertz CT molecular complexity index is 365. The summed E-state index contributed by atoms with van der Waals surface area (Å²) in [5.41, 5.74) is -0.494. The average molecular weight is 177 g/mol. The highest BCUT2D eigenvalue weighted by molar-refractivity contribution is 5.84. The highest BCUT2D eigenvalue weighted by Gasteiger charge is 2.24. The standard InChI is InChI=1S/C9H11N3O/c1-9(2,3)8(13)12-5-4-11-7(12)6-10/h4-5H,1-3H3. The Morgan fingerprint density at radius 2 is 2.23 bits per heavy atom. The van der Waals surface area contributed by atoms with Crippen molar-refractivity contribution in [1.82, 2.24) is 9.55 Å². The molecule has 0 saturated carbocycles. The molecule has 0 saturated heterocycles. The molecule has 0 fully saturated rings. The lowest BCUT2D eigenvalue weighted by Gasteiger charge is -2.16. The van der Waals surface area contributed by atoms with Gasteiger partial charge in [0, 0.05) is 17.8 Å². The van der Waals surface area contributed by atoms with Crippen molar-refractivity contribution in [3.8, 4) is 6.07 Å². The first kappa shape index (κ1) is 9.46.